The quantitative estimate of drug-likeness (QED) is 0.0277. The Labute approximate surface area is 351 Å². The number of alkyl halides is 1. The number of rotatable bonds is 35. The van der Waals surface area contributed by atoms with Gasteiger partial charge in [0, 0.05) is 39.5 Å². The lowest BCUT2D eigenvalue weighted by Gasteiger charge is -2.28. The van der Waals surface area contributed by atoms with Crippen molar-refractivity contribution in [2.24, 2.45) is 5.92 Å². The largest absolute Gasteiger partial charge is 0.481 e. The number of carbonyl (C=O) groups is 10. The number of ether oxygens (including phenoxy) is 4. The molecule has 348 valence electrons. The van der Waals surface area contributed by atoms with E-state index in [2.05, 4.69) is 37.2 Å². The Bertz CT molecular complexity index is 1450. The molecule has 5 atom stereocenters. The third-order valence-corrected chi connectivity index (χ3v) is 8.04. The van der Waals surface area contributed by atoms with Crippen LogP contribution in [0.4, 0.5) is 4.39 Å². The first kappa shape index (κ1) is 55.5. The number of aliphatic carboxylic acids is 3. The standard InChI is InChI=1S/C36H60FN7O17/c1-21(2)31(44-33(54)23(5-8-28(47)48)42-35(56)24(19-29(49)50)41-27(46)7-6-26(45)38-10-9-37)36(57)43-25(20-30(51)52)34(55)40-22(3)32(53)39-11-12-59-15-16-61-18-17-60-14-13-58-4/h21-25,31H,5-20H2,1-4H3,(H,38,45)(H,39,53)(H,40,55)(H,41,46)(H,42,56)(H,43,57)(H,44,54)(H,47,48)(H,49,50)(H,51,52)/t22-,23-,24-,25-,31?/m0/s1. The Kier molecular flexibility index (Phi) is 29.3. The molecule has 0 spiro atoms. The summed E-state index contributed by atoms with van der Waals surface area (Å²) in [6.45, 7) is 5.38. The maximum absolute atomic E-state index is 13.5. The van der Waals surface area contributed by atoms with E-state index in [1.807, 2.05) is 0 Å². The summed E-state index contributed by atoms with van der Waals surface area (Å²) in [4.78, 5) is 124. The van der Waals surface area contributed by atoms with Gasteiger partial charge in [0.15, 0.2) is 0 Å². The molecular formula is C36H60FN7O17. The summed E-state index contributed by atoms with van der Waals surface area (Å²) >= 11 is 0. The van der Waals surface area contributed by atoms with E-state index < -0.39 is 141 Å². The monoisotopic (exact) mass is 881 g/mol. The predicted molar refractivity (Wildman–Crippen MR) is 207 cm³/mol. The number of amides is 7. The zero-order valence-corrected chi connectivity index (χ0v) is 34.7. The van der Waals surface area contributed by atoms with Crippen LogP contribution in [0.15, 0.2) is 0 Å². The molecule has 0 aliphatic rings. The fourth-order valence-electron chi connectivity index (χ4n) is 4.86. The zero-order valence-electron chi connectivity index (χ0n) is 34.7. The summed E-state index contributed by atoms with van der Waals surface area (Å²) in [7, 11) is 1.56. The first-order valence-electron chi connectivity index (χ1n) is 19.3. The Morgan fingerprint density at radius 2 is 1.00 bits per heavy atom. The molecule has 0 fully saturated rings. The van der Waals surface area contributed by atoms with Gasteiger partial charge in [-0.25, -0.2) is 4.39 Å². The van der Waals surface area contributed by atoms with Crippen LogP contribution in [0.3, 0.4) is 0 Å². The Balaban J connectivity index is 5.57. The molecular weight excluding hydrogens is 821 g/mol. The van der Waals surface area contributed by atoms with Crippen LogP contribution in [0, 0.1) is 5.92 Å². The van der Waals surface area contributed by atoms with E-state index in [0.29, 0.717) is 26.4 Å². The first-order chi connectivity index (χ1) is 28.8. The van der Waals surface area contributed by atoms with Gasteiger partial charge < -0.3 is 71.5 Å². The summed E-state index contributed by atoms with van der Waals surface area (Å²) in [6, 6.07) is -8.04. The van der Waals surface area contributed by atoms with Gasteiger partial charge in [-0.3, -0.25) is 47.9 Å². The van der Waals surface area contributed by atoms with Crippen molar-refractivity contribution in [1.82, 2.24) is 37.2 Å². The molecule has 0 aliphatic carbocycles. The lowest BCUT2D eigenvalue weighted by molar-refractivity contribution is -0.142. The van der Waals surface area contributed by atoms with E-state index in [1.54, 1.807) is 7.11 Å². The van der Waals surface area contributed by atoms with Crippen LogP contribution in [-0.4, -0.2) is 178 Å². The molecule has 0 aromatic carbocycles. The van der Waals surface area contributed by atoms with Crippen molar-refractivity contribution in [2.45, 2.75) is 89.5 Å². The highest BCUT2D eigenvalue weighted by Crippen LogP contribution is 2.08. The molecule has 0 bridgehead atoms. The van der Waals surface area contributed by atoms with Gasteiger partial charge in [0.25, 0.3) is 0 Å². The molecule has 61 heavy (non-hydrogen) atoms. The maximum Gasteiger partial charge on any atom is 0.305 e. The summed E-state index contributed by atoms with van der Waals surface area (Å²) in [5.74, 6) is -12.1. The lowest BCUT2D eigenvalue weighted by atomic mass is 10.0. The summed E-state index contributed by atoms with van der Waals surface area (Å²) in [5, 5.41) is 43.9. The van der Waals surface area contributed by atoms with Crippen LogP contribution in [0.1, 0.15) is 59.3 Å². The predicted octanol–water partition coefficient (Wildman–Crippen LogP) is -3.42. The van der Waals surface area contributed by atoms with E-state index in [9.17, 15) is 67.7 Å². The minimum atomic E-state index is -1.82. The van der Waals surface area contributed by atoms with E-state index in [1.165, 1.54) is 20.8 Å². The molecule has 0 rings (SSSR count). The highest BCUT2D eigenvalue weighted by molar-refractivity contribution is 5.98. The first-order valence-corrected chi connectivity index (χ1v) is 19.3. The SMILES string of the molecule is COCCOCCOCCOCCNC(=O)[C@H](C)NC(=O)[C@H](CC(=O)O)NC(=O)C(NC(=O)[C@H](CCC(=O)O)NC(=O)[C@H](CC(=O)O)NC(=O)CCC(=O)NCCF)C(C)C. The second-order valence-corrected chi connectivity index (χ2v) is 13.5. The van der Waals surface area contributed by atoms with Gasteiger partial charge in [-0.2, -0.15) is 0 Å². The van der Waals surface area contributed by atoms with Crippen molar-refractivity contribution in [1.29, 1.82) is 0 Å². The number of carboxylic acid groups (broad SMARTS) is 3. The molecule has 25 heteroatoms. The van der Waals surface area contributed by atoms with Crippen LogP contribution >= 0.6 is 0 Å². The van der Waals surface area contributed by atoms with Crippen LogP contribution in [0.25, 0.3) is 0 Å². The van der Waals surface area contributed by atoms with Crippen molar-refractivity contribution in [3.05, 3.63) is 0 Å². The van der Waals surface area contributed by atoms with Crippen molar-refractivity contribution in [3.8, 4) is 0 Å². The molecule has 7 amide bonds. The average molecular weight is 882 g/mol. The lowest BCUT2D eigenvalue weighted by Crippen LogP contribution is -2.60. The topological polar surface area (TPSA) is 353 Å². The van der Waals surface area contributed by atoms with Crippen molar-refractivity contribution in [3.63, 3.8) is 0 Å². The van der Waals surface area contributed by atoms with E-state index in [0.717, 1.165) is 0 Å². The van der Waals surface area contributed by atoms with Gasteiger partial charge in [0.2, 0.25) is 41.4 Å². The number of nitrogens with one attached hydrogen (secondary N) is 7. The van der Waals surface area contributed by atoms with Gasteiger partial charge in [-0.05, 0) is 19.3 Å². The third kappa shape index (κ3) is 27.0. The van der Waals surface area contributed by atoms with E-state index in [4.69, 9.17) is 18.9 Å². The van der Waals surface area contributed by atoms with Crippen LogP contribution in [0.5, 0.6) is 0 Å². The molecule has 10 N–H and O–H groups in total. The molecule has 0 saturated carbocycles. The molecule has 24 nitrogen and oxygen atoms in total. The second kappa shape index (κ2) is 32.3. The highest BCUT2D eigenvalue weighted by Gasteiger charge is 2.34. The fraction of sp³-hybridized carbons (Fsp3) is 0.722. The Morgan fingerprint density at radius 1 is 0.508 bits per heavy atom. The van der Waals surface area contributed by atoms with Gasteiger partial charge in [-0.15, -0.1) is 0 Å². The summed E-state index contributed by atoms with van der Waals surface area (Å²) in [6.07, 6.45) is -4.19. The smallest absolute Gasteiger partial charge is 0.305 e. The Hall–Kier alpha value is -5.53. The van der Waals surface area contributed by atoms with E-state index in [-0.39, 0.29) is 32.9 Å². The van der Waals surface area contributed by atoms with Crippen LogP contribution in [-0.2, 0) is 66.9 Å². The number of carboxylic acids is 3. The normalized spacial score (nSPS) is 13.3. The third-order valence-electron chi connectivity index (χ3n) is 8.04. The zero-order chi connectivity index (χ0) is 46.3. The molecule has 0 heterocycles. The molecule has 0 aromatic heterocycles. The van der Waals surface area contributed by atoms with Crippen molar-refractivity contribution < 1.29 is 86.6 Å². The average Bonchev–Trinajstić information content (AvgIpc) is 3.18. The van der Waals surface area contributed by atoms with Crippen molar-refractivity contribution >= 4 is 59.3 Å². The number of hydrogen-bond donors (Lipinski definition) is 10. The van der Waals surface area contributed by atoms with Gasteiger partial charge in [0.05, 0.1) is 59.1 Å². The van der Waals surface area contributed by atoms with Crippen LogP contribution < -0.4 is 37.2 Å². The van der Waals surface area contributed by atoms with Gasteiger partial charge in [0.1, 0.15) is 36.9 Å². The second-order valence-electron chi connectivity index (χ2n) is 13.5. The summed E-state index contributed by atoms with van der Waals surface area (Å²) in [5.41, 5.74) is 0. The Morgan fingerprint density at radius 3 is 1.52 bits per heavy atom. The molecule has 0 aromatic rings. The number of methoxy groups -OCH3 is 1. The maximum atomic E-state index is 13.5. The fourth-order valence-corrected chi connectivity index (χ4v) is 4.86. The molecule has 0 saturated heterocycles. The molecule has 1 unspecified atom stereocenters. The number of hydrogen-bond acceptors (Lipinski definition) is 14. The van der Waals surface area contributed by atoms with Crippen LogP contribution in [0.2, 0.25) is 0 Å². The van der Waals surface area contributed by atoms with Gasteiger partial charge >= 0.3 is 17.9 Å². The molecule has 0 aliphatic heterocycles. The number of carbonyl (C=O) groups excluding carboxylic acids is 7. The van der Waals surface area contributed by atoms with Crippen molar-refractivity contribution in [2.75, 3.05) is 73.1 Å². The summed E-state index contributed by atoms with van der Waals surface area (Å²) < 4.78 is 33.1. The minimum Gasteiger partial charge on any atom is -0.481 e. The highest BCUT2D eigenvalue weighted by atomic mass is 19.1. The molecule has 0 radical (unpaired) electrons. The van der Waals surface area contributed by atoms with Gasteiger partial charge in [-0.1, -0.05) is 13.8 Å². The minimum absolute atomic E-state index is 0.0522. The number of halogens is 1. The van der Waals surface area contributed by atoms with E-state index >= 15 is 0 Å².